The van der Waals surface area contributed by atoms with Gasteiger partial charge in [-0.25, -0.2) is 10.4 Å². The van der Waals surface area contributed by atoms with Crippen LogP contribution in [0.4, 0.5) is 0 Å². The SMILES string of the molecule is C=CCC(C)(C)C(CCCC)N(NC(=O)c1cccc(OC)c1C)C(=O)c1cc(C)cc(C)c1.C=CCC(C)(C)C(CCCC)NNC(=O)c1cccc(OC)c1C.ClCCl.O=CO[O-].[H-].[K+].[K+]. The van der Waals surface area contributed by atoms with Gasteiger partial charge in [0.15, 0.2) is 0 Å². The average molecular weight is 1020 g/mol. The Kier molecular flexibility index (Phi) is 39.6. The number of alkyl halides is 2. The van der Waals surface area contributed by atoms with Crippen molar-refractivity contribution in [2.75, 3.05) is 19.6 Å². The Labute approximate surface area is 498 Å². The number of nitrogens with one attached hydrogen (secondary N) is 3. The minimum atomic E-state index is -0.329. The van der Waals surface area contributed by atoms with Crippen molar-refractivity contribution in [3.05, 3.63) is 119 Å². The first-order valence-electron chi connectivity index (χ1n) is 21.9. The number of allylic oxidation sites excluding steroid dienone is 2. The maximum absolute atomic E-state index is 13.9. The molecule has 3 amide bonds. The van der Waals surface area contributed by atoms with Crippen LogP contribution in [0.3, 0.4) is 0 Å². The second-order valence-electron chi connectivity index (χ2n) is 17.0. The first-order chi connectivity index (χ1) is 30.7. The molecule has 3 rings (SSSR count). The van der Waals surface area contributed by atoms with Crippen LogP contribution in [0.25, 0.3) is 0 Å². The number of hydrazine groups is 2. The van der Waals surface area contributed by atoms with Crippen LogP contribution >= 0.6 is 23.2 Å². The van der Waals surface area contributed by atoms with Crippen LogP contribution in [0.2, 0.25) is 0 Å². The van der Waals surface area contributed by atoms with Gasteiger partial charge < -0.3 is 21.0 Å². The summed E-state index contributed by atoms with van der Waals surface area (Å²) in [7, 11) is 3.19. The molecule has 0 aliphatic rings. The summed E-state index contributed by atoms with van der Waals surface area (Å²) in [6, 6.07) is 16.6. The summed E-state index contributed by atoms with van der Waals surface area (Å²) in [6.45, 7) is 28.2. The van der Waals surface area contributed by atoms with Crippen molar-refractivity contribution in [2.45, 2.75) is 133 Å². The van der Waals surface area contributed by atoms with E-state index in [1.54, 1.807) is 31.4 Å². The van der Waals surface area contributed by atoms with Crippen LogP contribution in [-0.2, 0) is 9.68 Å². The van der Waals surface area contributed by atoms with Gasteiger partial charge in [-0.15, -0.1) is 36.4 Å². The van der Waals surface area contributed by atoms with Gasteiger partial charge in [-0.3, -0.25) is 30.0 Å². The van der Waals surface area contributed by atoms with E-state index in [0.29, 0.717) is 28.9 Å². The summed E-state index contributed by atoms with van der Waals surface area (Å²) in [4.78, 5) is 51.2. The van der Waals surface area contributed by atoms with Gasteiger partial charge in [0.05, 0.1) is 25.6 Å². The number of aryl methyl sites for hydroxylation is 2. The Morgan fingerprint density at radius 2 is 1.21 bits per heavy atom. The molecule has 2 atom stereocenters. The van der Waals surface area contributed by atoms with Crippen LogP contribution in [0.15, 0.2) is 79.9 Å². The van der Waals surface area contributed by atoms with Gasteiger partial charge >= 0.3 is 103 Å². The normalized spacial score (nSPS) is 11.2. The molecule has 0 aliphatic carbocycles. The zero-order valence-electron chi connectivity index (χ0n) is 43.8. The standard InChI is InChI=1S/C29H40N2O3.C20H32N2O2.CH2Cl2.CH2O3.2K.H/c1-9-11-15-26(29(6,7)16-10-2)31(28(33)23-18-20(3)17-21(4)19-23)30-27(32)24-13-12-14-25(34-8)22(24)5;1-7-9-13-18(20(4,5)14-8-2)21-22-19(23)16-11-10-12-17(24-6)15(16)3;2-1-3;2-1-4-3;;;/h10,12-14,17-19,26H,2,9,11,15-16H2,1,3-8H3,(H,30,32);8,10-12,18,21H,2,7,9,13-14H2,1,3-6H3,(H,22,23);1H2;1,3H;;;/q;;;;2*+1;-1/p-1. The van der Waals surface area contributed by atoms with Crippen molar-refractivity contribution in [1.29, 1.82) is 0 Å². The van der Waals surface area contributed by atoms with Gasteiger partial charge in [-0.05, 0) is 101 Å². The van der Waals surface area contributed by atoms with E-state index >= 15 is 0 Å². The fraction of sp³-hybridized carbons (Fsp3) is 0.490. The molecule has 0 aromatic heterocycles. The molecule has 3 aromatic carbocycles. The number of benzene rings is 3. The fourth-order valence-electron chi connectivity index (χ4n) is 7.42. The van der Waals surface area contributed by atoms with Gasteiger partial charge in [-0.2, -0.15) is 0 Å². The molecule has 364 valence electrons. The molecule has 3 aromatic rings. The molecule has 2 unspecified atom stereocenters. The third kappa shape index (κ3) is 24.9. The molecule has 12 nitrogen and oxygen atoms in total. The molecule has 0 heterocycles. The van der Waals surface area contributed by atoms with Gasteiger partial charge in [0, 0.05) is 33.9 Å². The molecule has 0 radical (unpaired) electrons. The molecular weight excluding hydrogens is 946 g/mol. The van der Waals surface area contributed by atoms with Crippen LogP contribution in [0, 0.1) is 38.5 Å². The summed E-state index contributed by atoms with van der Waals surface area (Å²) in [6.07, 6.45) is 11.4. The van der Waals surface area contributed by atoms with E-state index < -0.39 is 0 Å². The minimum Gasteiger partial charge on any atom is -1.00 e. The van der Waals surface area contributed by atoms with Crippen LogP contribution < -0.4 is 134 Å². The molecule has 3 N–H and O–H groups in total. The Balaban J connectivity index is -0.000000529. The summed E-state index contributed by atoms with van der Waals surface area (Å²) >= 11 is 9.53. The number of carbonyl (C=O) groups excluding carboxylic acids is 4. The van der Waals surface area contributed by atoms with E-state index in [9.17, 15) is 14.4 Å². The molecule has 67 heavy (non-hydrogen) atoms. The van der Waals surface area contributed by atoms with Crippen LogP contribution in [0.1, 0.15) is 148 Å². The number of nitrogens with zero attached hydrogens (tertiary/aromatic N) is 1. The van der Waals surface area contributed by atoms with Crippen molar-refractivity contribution in [3.8, 4) is 11.5 Å². The van der Waals surface area contributed by atoms with Gasteiger partial charge in [0.25, 0.3) is 24.2 Å². The average Bonchev–Trinajstić information content (AvgIpc) is 3.25. The van der Waals surface area contributed by atoms with E-state index in [1.165, 1.54) is 0 Å². The Morgan fingerprint density at radius 1 is 0.776 bits per heavy atom. The van der Waals surface area contributed by atoms with Crippen molar-refractivity contribution in [1.82, 2.24) is 21.3 Å². The van der Waals surface area contributed by atoms with Crippen LogP contribution in [-0.4, -0.2) is 60.8 Å². The fourth-order valence-corrected chi connectivity index (χ4v) is 7.42. The largest absolute Gasteiger partial charge is 1.00 e. The van der Waals surface area contributed by atoms with E-state index in [0.717, 1.165) is 72.9 Å². The quantitative estimate of drug-likeness (QED) is 0.0336. The van der Waals surface area contributed by atoms with Gasteiger partial charge in [0.2, 0.25) is 0 Å². The number of rotatable bonds is 21. The molecule has 0 saturated heterocycles. The molecule has 0 spiro atoms. The second-order valence-corrected chi connectivity index (χ2v) is 17.8. The Hall–Kier alpha value is -1.61. The first kappa shape index (κ1) is 69.7. The number of carbonyl (C=O) groups is 4. The van der Waals surface area contributed by atoms with Gasteiger partial charge in [-0.1, -0.05) is 109 Å². The molecular formula is C51H76Cl2K2N4O8. The first-order valence-corrected chi connectivity index (χ1v) is 22.9. The Bertz CT molecular complexity index is 1940. The maximum Gasteiger partial charge on any atom is 1.00 e. The van der Waals surface area contributed by atoms with Crippen molar-refractivity contribution < 1.29 is 143 Å². The molecule has 0 aliphatic heterocycles. The predicted molar refractivity (Wildman–Crippen MR) is 264 cm³/mol. The monoisotopic (exact) mass is 1020 g/mol. The number of amides is 3. The zero-order chi connectivity index (χ0) is 49.8. The number of halogens is 2. The van der Waals surface area contributed by atoms with Crippen molar-refractivity contribution in [2.24, 2.45) is 10.8 Å². The summed E-state index contributed by atoms with van der Waals surface area (Å²) in [5.41, 5.74) is 14.1. The smallest absolute Gasteiger partial charge is 1.00 e. The molecule has 0 bridgehead atoms. The van der Waals surface area contributed by atoms with Crippen molar-refractivity contribution >= 4 is 47.4 Å². The Morgan fingerprint density at radius 3 is 1.63 bits per heavy atom. The minimum absolute atomic E-state index is 0. The van der Waals surface area contributed by atoms with E-state index in [1.807, 2.05) is 82.3 Å². The second kappa shape index (κ2) is 38.1. The van der Waals surface area contributed by atoms with E-state index in [-0.39, 0.29) is 157 Å². The molecule has 16 heteroatoms. The summed E-state index contributed by atoms with van der Waals surface area (Å²) < 4.78 is 10.7. The maximum atomic E-state index is 13.9. The number of hydrogen-bond donors (Lipinski definition) is 3. The summed E-state index contributed by atoms with van der Waals surface area (Å²) in [5.74, 6) is 0.679. The number of hydrogen-bond acceptors (Lipinski definition) is 9. The van der Waals surface area contributed by atoms with Crippen molar-refractivity contribution in [3.63, 3.8) is 0 Å². The topological polar surface area (TPSA) is 158 Å². The number of unbranched alkanes of at least 4 members (excludes halogenated alkanes) is 2. The van der Waals surface area contributed by atoms with E-state index in [4.69, 9.17) is 42.7 Å². The predicted octanol–water partition coefficient (Wildman–Crippen LogP) is 4.94. The third-order valence-electron chi connectivity index (χ3n) is 11.0. The zero-order valence-corrected chi connectivity index (χ0v) is 50.6. The number of methoxy groups -OCH3 is 2. The summed E-state index contributed by atoms with van der Waals surface area (Å²) in [5, 5.41) is 10.2. The van der Waals surface area contributed by atoms with E-state index in [2.05, 4.69) is 75.9 Å². The van der Waals surface area contributed by atoms with Gasteiger partial charge in [0.1, 0.15) is 11.5 Å². The molecule has 0 saturated carbocycles. The number of ether oxygens (including phenoxy) is 2. The molecule has 0 fully saturated rings. The van der Waals surface area contributed by atoms with Crippen LogP contribution in [0.5, 0.6) is 11.5 Å². The third-order valence-corrected chi connectivity index (χ3v) is 11.0.